The first kappa shape index (κ1) is 17.9. The van der Waals surface area contributed by atoms with Crippen molar-refractivity contribution in [3.63, 3.8) is 0 Å². The summed E-state index contributed by atoms with van der Waals surface area (Å²) >= 11 is 0. The van der Waals surface area contributed by atoms with Crippen molar-refractivity contribution in [1.29, 1.82) is 0 Å². The van der Waals surface area contributed by atoms with Crippen molar-refractivity contribution in [2.45, 2.75) is 6.55 Å². The average Bonchev–Trinajstić information content (AvgIpc) is 1.00. The van der Waals surface area contributed by atoms with E-state index in [1.807, 2.05) is 0 Å². The van der Waals surface area contributed by atoms with Gasteiger partial charge in [0, 0.05) is 22.4 Å². The molecule has 0 nitrogen and oxygen atoms in total. The van der Waals surface area contributed by atoms with Gasteiger partial charge in [-0.15, -0.1) is 0 Å². The Hall–Kier alpha value is 1.49. The van der Waals surface area contributed by atoms with Crippen molar-refractivity contribution in [3.8, 4) is 0 Å². The van der Waals surface area contributed by atoms with Crippen LogP contribution in [0.2, 0.25) is 6.55 Å². The molecule has 0 saturated carbocycles. The minimum absolute atomic E-state index is 0. The first-order chi connectivity index (χ1) is 1.00. The van der Waals surface area contributed by atoms with E-state index in [1.165, 1.54) is 10.2 Å². The summed E-state index contributed by atoms with van der Waals surface area (Å²) in [6, 6.07) is 0. The van der Waals surface area contributed by atoms with E-state index in [-0.39, 0.29) is 39.7 Å². The van der Waals surface area contributed by atoms with Crippen LogP contribution in [0.15, 0.2) is 0 Å². The largest absolute Gasteiger partial charge is 0.187 e. The van der Waals surface area contributed by atoms with Crippen LogP contribution in [0.5, 0.6) is 0 Å². The van der Waals surface area contributed by atoms with Gasteiger partial charge in [-0.05, 0) is 10.2 Å². The van der Waals surface area contributed by atoms with Crippen LogP contribution in [0.4, 0.5) is 0 Å². The fraction of sp³-hybridized carbons (Fsp3) is 1.00. The Balaban J connectivity index is -0.00000000500. The summed E-state index contributed by atoms with van der Waals surface area (Å²) in [4.78, 5) is 0. The van der Waals surface area contributed by atoms with Crippen LogP contribution in [-0.4, -0.2) is 27.6 Å². The predicted octanol–water partition coefficient (Wildman–Crippen LogP) is -1.79. The smallest absolute Gasteiger partial charge is 0.0777 e. The molecule has 0 unspecified atom stereocenters. The van der Waals surface area contributed by atoms with Crippen molar-refractivity contribution in [2.75, 3.05) is 0 Å². The van der Waals surface area contributed by atoms with Crippen LogP contribution >= 0.6 is 0 Å². The van der Waals surface area contributed by atoms with Gasteiger partial charge in [0.05, 0.1) is 0 Å². The molecule has 0 bridgehead atoms. The SMILES string of the molecule is C[SiH3].[AlH3].[Nb]. The third-order valence-electron chi connectivity index (χ3n) is 0. The molecule has 0 spiro atoms. The molecule has 3 heteroatoms. The van der Waals surface area contributed by atoms with E-state index in [9.17, 15) is 0 Å². The van der Waals surface area contributed by atoms with Crippen molar-refractivity contribution < 1.29 is 22.4 Å². The molecule has 0 heterocycles. The van der Waals surface area contributed by atoms with Gasteiger partial charge in [0.1, 0.15) is 0 Å². The zero-order valence-corrected chi connectivity index (χ0v) is 6.65. The van der Waals surface area contributed by atoms with Crippen molar-refractivity contribution in [1.82, 2.24) is 0 Å². The summed E-state index contributed by atoms with van der Waals surface area (Å²) in [5, 5.41) is 0. The second-order valence-electron chi connectivity index (χ2n) is 0. The van der Waals surface area contributed by atoms with Gasteiger partial charge in [-0.25, -0.2) is 0 Å². The van der Waals surface area contributed by atoms with E-state index >= 15 is 0 Å². The molecule has 0 aliphatic rings. The van der Waals surface area contributed by atoms with Crippen LogP contribution in [0, 0.1) is 0 Å². The Morgan fingerprint density at radius 2 is 1.25 bits per heavy atom. The van der Waals surface area contributed by atoms with Crippen molar-refractivity contribution >= 4 is 27.6 Å². The van der Waals surface area contributed by atoms with Crippen LogP contribution in [0.1, 0.15) is 0 Å². The van der Waals surface area contributed by atoms with Crippen LogP contribution in [0.3, 0.4) is 0 Å². The quantitative estimate of drug-likeness (QED) is 0.376. The zero-order valence-electron chi connectivity index (χ0n) is 2.45. The molecule has 0 aromatic rings. The van der Waals surface area contributed by atoms with Gasteiger partial charge in [-0.3, -0.25) is 0 Å². The van der Waals surface area contributed by atoms with Gasteiger partial charge >= 0.3 is 0 Å². The Labute approximate surface area is 56.4 Å². The van der Waals surface area contributed by atoms with Gasteiger partial charge < -0.3 is 0 Å². The third-order valence-corrected chi connectivity index (χ3v) is 0. The van der Waals surface area contributed by atoms with Crippen molar-refractivity contribution in [3.05, 3.63) is 0 Å². The summed E-state index contributed by atoms with van der Waals surface area (Å²) in [6.07, 6.45) is 0. The summed E-state index contributed by atoms with van der Waals surface area (Å²) < 4.78 is 0. The van der Waals surface area contributed by atoms with Crippen molar-refractivity contribution in [2.24, 2.45) is 0 Å². The zero-order chi connectivity index (χ0) is 2.00. The standard InChI is InChI=1S/CH6Si.Al.Nb.3H/c1-2;;;;;/h1-2H3;;;;;. The first-order valence-corrected chi connectivity index (χ1v) is 3.00. The molecule has 0 aliphatic heterocycles. The normalized spacial score (nSPS) is 2.25. The molecular weight excluding hydrogens is 160 g/mol. The molecule has 25 valence electrons. The Morgan fingerprint density at radius 1 is 1.25 bits per heavy atom. The second kappa shape index (κ2) is 24.6. The maximum absolute atomic E-state index is 2.14. The third kappa shape index (κ3) is 9.75. The Morgan fingerprint density at radius 3 is 1.25 bits per heavy atom. The van der Waals surface area contributed by atoms with Gasteiger partial charge in [-0.2, -0.15) is 0 Å². The Bertz CT molecular complexity index is 8.00. The molecule has 0 atom stereocenters. The fourth-order valence-electron chi connectivity index (χ4n) is 0. The van der Waals surface area contributed by atoms with Crippen LogP contribution in [-0.2, 0) is 22.4 Å². The van der Waals surface area contributed by atoms with E-state index < -0.39 is 0 Å². The molecule has 0 amide bonds. The van der Waals surface area contributed by atoms with Crippen LogP contribution < -0.4 is 0 Å². The molecule has 0 N–H and O–H groups in total. The first-order valence-electron chi connectivity index (χ1n) is 1.00. The topological polar surface area (TPSA) is 0 Å². The monoisotopic (exact) mass is 169 g/mol. The number of hydrogen-bond donors (Lipinski definition) is 0. The molecular formula is CH9AlNbSi. The van der Waals surface area contributed by atoms with Gasteiger partial charge in [0.25, 0.3) is 0 Å². The van der Waals surface area contributed by atoms with E-state index in [2.05, 4.69) is 6.55 Å². The second-order valence-corrected chi connectivity index (χ2v) is 0. The average molecular weight is 169 g/mol. The molecule has 0 aromatic carbocycles. The molecule has 0 fully saturated rings. The molecule has 0 aliphatic carbocycles. The fourth-order valence-corrected chi connectivity index (χ4v) is 0. The predicted molar refractivity (Wildman–Crippen MR) is 25.7 cm³/mol. The minimum atomic E-state index is 0. The summed E-state index contributed by atoms with van der Waals surface area (Å²) in [6.45, 7) is 2.14. The van der Waals surface area contributed by atoms with Gasteiger partial charge in [-0.1, -0.05) is 6.55 Å². The van der Waals surface area contributed by atoms with E-state index in [0.29, 0.717) is 0 Å². The van der Waals surface area contributed by atoms with E-state index in [0.717, 1.165) is 0 Å². The van der Waals surface area contributed by atoms with E-state index in [1.54, 1.807) is 0 Å². The number of rotatable bonds is 0. The summed E-state index contributed by atoms with van der Waals surface area (Å²) in [5.74, 6) is 0. The maximum Gasteiger partial charge on any atom is 0.187 e. The maximum atomic E-state index is 2.14. The molecule has 0 rings (SSSR count). The van der Waals surface area contributed by atoms with Gasteiger partial charge in [0.15, 0.2) is 17.4 Å². The molecule has 0 saturated heterocycles. The Kier molecular flexibility index (Phi) is 110. The van der Waals surface area contributed by atoms with E-state index in [4.69, 9.17) is 0 Å². The summed E-state index contributed by atoms with van der Waals surface area (Å²) in [5.41, 5.74) is 0. The minimum Gasteiger partial charge on any atom is -0.0777 e. The van der Waals surface area contributed by atoms with Gasteiger partial charge in [0.2, 0.25) is 0 Å². The molecule has 1 radical (unpaired) electrons. The number of hydrogen-bond acceptors (Lipinski definition) is 0. The molecule has 4 heavy (non-hydrogen) atoms. The molecule has 0 aromatic heterocycles. The van der Waals surface area contributed by atoms with Crippen LogP contribution in [0.25, 0.3) is 0 Å². The summed E-state index contributed by atoms with van der Waals surface area (Å²) in [7, 11) is 1.31.